The van der Waals surface area contributed by atoms with Crippen LogP contribution < -0.4 is 15.7 Å². The van der Waals surface area contributed by atoms with Crippen molar-refractivity contribution < 1.29 is 9.53 Å². The van der Waals surface area contributed by atoms with Crippen molar-refractivity contribution in [2.75, 3.05) is 13.2 Å². The van der Waals surface area contributed by atoms with Gasteiger partial charge in [-0.2, -0.15) is 4.98 Å². The monoisotopic (exact) mass is 321 g/mol. The normalized spacial score (nSPS) is 24.2. The van der Waals surface area contributed by atoms with E-state index in [1.165, 1.54) is 44.4 Å². The van der Waals surface area contributed by atoms with E-state index < -0.39 is 5.69 Å². The van der Waals surface area contributed by atoms with Gasteiger partial charge >= 0.3 is 5.69 Å². The van der Waals surface area contributed by atoms with Crippen LogP contribution in [0.2, 0.25) is 0 Å². The summed E-state index contributed by atoms with van der Waals surface area (Å²) in [7, 11) is 0. The summed E-state index contributed by atoms with van der Waals surface area (Å²) in [5.41, 5.74) is -0.485. The van der Waals surface area contributed by atoms with Crippen LogP contribution in [0.25, 0.3) is 0 Å². The average molecular weight is 321 g/mol. The van der Waals surface area contributed by atoms with Crippen LogP contribution >= 0.6 is 0 Å². The van der Waals surface area contributed by atoms with E-state index in [-0.39, 0.29) is 18.4 Å². The van der Waals surface area contributed by atoms with Crippen LogP contribution in [-0.2, 0) is 4.79 Å². The third kappa shape index (κ3) is 5.69. The molecule has 0 spiro atoms. The van der Waals surface area contributed by atoms with Gasteiger partial charge < -0.3 is 15.0 Å². The van der Waals surface area contributed by atoms with Crippen molar-refractivity contribution in [2.45, 2.75) is 46.0 Å². The van der Waals surface area contributed by atoms with Gasteiger partial charge in [-0.05, 0) is 37.0 Å². The zero-order valence-corrected chi connectivity index (χ0v) is 14.0. The molecule has 0 aliphatic heterocycles. The Morgan fingerprint density at radius 1 is 1.26 bits per heavy atom. The van der Waals surface area contributed by atoms with Gasteiger partial charge in [-0.3, -0.25) is 4.79 Å². The first-order valence-corrected chi connectivity index (χ1v) is 8.55. The van der Waals surface area contributed by atoms with Gasteiger partial charge in [0.15, 0.2) is 6.61 Å². The van der Waals surface area contributed by atoms with Crippen LogP contribution in [0.15, 0.2) is 17.1 Å². The van der Waals surface area contributed by atoms with Crippen molar-refractivity contribution in [1.82, 2.24) is 15.3 Å². The number of aromatic nitrogens is 2. The Bertz CT molecular complexity index is 546. The molecular formula is C17H27N3O3. The summed E-state index contributed by atoms with van der Waals surface area (Å²) in [6, 6.07) is 1.52. The fourth-order valence-corrected chi connectivity index (χ4v) is 3.42. The van der Waals surface area contributed by atoms with Gasteiger partial charge in [-0.25, -0.2) is 4.79 Å². The number of nitrogens with zero attached hydrogens (tertiary/aromatic N) is 1. The summed E-state index contributed by atoms with van der Waals surface area (Å²) in [6.07, 6.45) is 7.61. The maximum absolute atomic E-state index is 11.9. The number of nitrogens with one attached hydrogen (secondary N) is 2. The molecule has 2 rings (SSSR count). The second-order valence-corrected chi connectivity index (χ2v) is 6.45. The van der Waals surface area contributed by atoms with Crippen molar-refractivity contribution in [1.29, 1.82) is 0 Å². The molecule has 1 fully saturated rings. The Kier molecular flexibility index (Phi) is 6.62. The number of ether oxygens (including phenoxy) is 1. The summed E-state index contributed by atoms with van der Waals surface area (Å²) in [5, 5.41) is 2.95. The van der Waals surface area contributed by atoms with Crippen LogP contribution in [0.4, 0.5) is 0 Å². The first kappa shape index (κ1) is 17.5. The molecule has 1 aliphatic rings. The molecule has 0 bridgehead atoms. The molecule has 6 nitrogen and oxygen atoms in total. The van der Waals surface area contributed by atoms with Crippen LogP contribution in [0.5, 0.6) is 5.88 Å². The zero-order valence-electron chi connectivity index (χ0n) is 14.0. The molecule has 1 amide bonds. The third-order valence-electron chi connectivity index (χ3n) is 4.74. The second kappa shape index (κ2) is 8.70. The molecule has 2 unspecified atom stereocenters. The molecule has 6 heteroatoms. The quantitative estimate of drug-likeness (QED) is 0.805. The molecule has 1 aromatic heterocycles. The summed E-state index contributed by atoms with van der Waals surface area (Å²) in [6.45, 7) is 5.09. The molecule has 1 heterocycles. The first-order chi connectivity index (χ1) is 11.1. The lowest BCUT2D eigenvalue weighted by Crippen LogP contribution is -2.36. The van der Waals surface area contributed by atoms with Gasteiger partial charge in [0, 0.05) is 18.8 Å². The van der Waals surface area contributed by atoms with Gasteiger partial charge in [0.05, 0.1) is 0 Å². The first-order valence-electron chi connectivity index (χ1n) is 8.55. The van der Waals surface area contributed by atoms with E-state index in [1.54, 1.807) is 0 Å². The van der Waals surface area contributed by atoms with Crippen molar-refractivity contribution >= 4 is 5.91 Å². The van der Waals surface area contributed by atoms with Crippen molar-refractivity contribution in [2.24, 2.45) is 17.8 Å². The molecule has 1 saturated carbocycles. The highest BCUT2D eigenvalue weighted by molar-refractivity contribution is 5.77. The fourth-order valence-electron chi connectivity index (χ4n) is 3.42. The minimum absolute atomic E-state index is 0.114. The lowest BCUT2D eigenvalue weighted by Gasteiger charge is -2.34. The zero-order chi connectivity index (χ0) is 16.7. The van der Waals surface area contributed by atoms with Crippen molar-refractivity contribution in [3.05, 3.63) is 22.7 Å². The number of aromatic amines is 1. The van der Waals surface area contributed by atoms with E-state index >= 15 is 0 Å². The van der Waals surface area contributed by atoms with Gasteiger partial charge in [-0.1, -0.05) is 26.7 Å². The van der Waals surface area contributed by atoms with E-state index in [9.17, 15) is 9.59 Å². The van der Waals surface area contributed by atoms with Crippen LogP contribution in [0.3, 0.4) is 0 Å². The van der Waals surface area contributed by atoms with E-state index in [4.69, 9.17) is 4.74 Å². The fraction of sp³-hybridized carbons (Fsp3) is 0.706. The summed E-state index contributed by atoms with van der Waals surface area (Å²) in [5.74, 6) is 2.12. The number of amides is 1. The van der Waals surface area contributed by atoms with E-state index in [0.717, 1.165) is 11.8 Å². The molecule has 0 saturated heterocycles. The summed E-state index contributed by atoms with van der Waals surface area (Å²) in [4.78, 5) is 29.0. The van der Waals surface area contributed by atoms with Crippen LogP contribution in [0, 0.1) is 17.8 Å². The molecule has 1 aromatic rings. The lowest BCUT2D eigenvalue weighted by atomic mass is 9.73. The van der Waals surface area contributed by atoms with Gasteiger partial charge in [0.25, 0.3) is 5.91 Å². The number of carbonyl (C=O) groups is 1. The van der Waals surface area contributed by atoms with Gasteiger partial charge in [0.1, 0.15) is 0 Å². The van der Waals surface area contributed by atoms with Gasteiger partial charge in [0.2, 0.25) is 5.88 Å². The Morgan fingerprint density at radius 2 is 1.91 bits per heavy atom. The standard InChI is InChI=1S/C17H27N3O3/c1-3-12-7-13(4-2)9-14(8-12)10-19-15(21)11-23-16-5-6-18-17(22)20-16/h5-6,12-14H,3-4,7-11H2,1-2H3,(H,19,21)(H,18,20,22). The van der Waals surface area contributed by atoms with Gasteiger partial charge in [-0.15, -0.1) is 0 Å². The van der Waals surface area contributed by atoms with Crippen LogP contribution in [-0.4, -0.2) is 29.0 Å². The predicted molar refractivity (Wildman–Crippen MR) is 88.3 cm³/mol. The third-order valence-corrected chi connectivity index (χ3v) is 4.74. The predicted octanol–water partition coefficient (Wildman–Crippen LogP) is 2.12. The van der Waals surface area contributed by atoms with E-state index in [0.29, 0.717) is 12.5 Å². The summed E-state index contributed by atoms with van der Waals surface area (Å²) < 4.78 is 5.23. The molecule has 23 heavy (non-hydrogen) atoms. The Morgan fingerprint density at radius 3 is 2.52 bits per heavy atom. The Hall–Kier alpha value is -1.85. The smallest absolute Gasteiger partial charge is 0.348 e. The van der Waals surface area contributed by atoms with Crippen LogP contribution in [0.1, 0.15) is 46.0 Å². The van der Waals surface area contributed by atoms with E-state index in [1.807, 2.05) is 0 Å². The highest BCUT2D eigenvalue weighted by atomic mass is 16.5. The maximum atomic E-state index is 11.9. The maximum Gasteiger partial charge on any atom is 0.348 e. The van der Waals surface area contributed by atoms with E-state index in [2.05, 4.69) is 29.1 Å². The highest BCUT2D eigenvalue weighted by Gasteiger charge is 2.27. The minimum Gasteiger partial charge on any atom is -0.467 e. The number of hydrogen-bond acceptors (Lipinski definition) is 4. The lowest BCUT2D eigenvalue weighted by molar-refractivity contribution is -0.123. The Labute approximate surface area is 137 Å². The SMILES string of the molecule is CCC1CC(CC)CC(CNC(=O)COc2cc[nH]c(=O)n2)C1. The number of H-pyrrole nitrogens is 1. The molecular weight excluding hydrogens is 294 g/mol. The molecule has 0 radical (unpaired) electrons. The Balaban J connectivity index is 1.74. The molecule has 128 valence electrons. The molecule has 2 atom stereocenters. The number of carbonyl (C=O) groups excluding carboxylic acids is 1. The van der Waals surface area contributed by atoms with Crippen molar-refractivity contribution in [3.63, 3.8) is 0 Å². The number of rotatable bonds is 7. The topological polar surface area (TPSA) is 84.1 Å². The number of hydrogen-bond donors (Lipinski definition) is 2. The summed E-state index contributed by atoms with van der Waals surface area (Å²) >= 11 is 0. The molecule has 1 aliphatic carbocycles. The van der Waals surface area contributed by atoms with Crippen molar-refractivity contribution in [3.8, 4) is 5.88 Å². The minimum atomic E-state index is -0.485. The highest BCUT2D eigenvalue weighted by Crippen LogP contribution is 2.36. The largest absolute Gasteiger partial charge is 0.467 e. The second-order valence-electron chi connectivity index (χ2n) is 6.45. The average Bonchev–Trinajstić information content (AvgIpc) is 2.57. The molecule has 2 N–H and O–H groups in total. The molecule has 0 aromatic carbocycles.